The number of rotatable bonds is 2. The maximum absolute atomic E-state index is 3.83. The largest absolute Gasteiger partial charge is 0.175 e. The number of hydrogen-bond acceptors (Lipinski definition) is 0. The van der Waals surface area contributed by atoms with Crippen LogP contribution in [0.25, 0.3) is 0 Å². The quantitative estimate of drug-likeness (QED) is 0.573. The van der Waals surface area contributed by atoms with Gasteiger partial charge in [0.2, 0.25) is 0 Å². The Morgan fingerprint density at radius 2 is 1.00 bits per heavy atom. The molecule has 0 bridgehead atoms. The van der Waals surface area contributed by atoms with Crippen LogP contribution in [-0.2, 0) is 0 Å². The predicted octanol–water partition coefficient (Wildman–Crippen LogP) is 1.92. The van der Waals surface area contributed by atoms with E-state index in [4.69, 9.17) is 0 Å². The molecule has 0 aliphatic rings. The van der Waals surface area contributed by atoms with Gasteiger partial charge in [-0.25, -0.2) is 0 Å². The van der Waals surface area contributed by atoms with Gasteiger partial charge in [0, 0.05) is 0 Å². The maximum Gasteiger partial charge on any atom is 0.175 e. The van der Waals surface area contributed by atoms with E-state index in [0.717, 1.165) is 0 Å². The highest BCUT2D eigenvalue weighted by Gasteiger charge is 2.10. The Kier molecular flexibility index (Phi) is 3.17. The molecule has 70 valence electrons. The van der Waals surface area contributed by atoms with E-state index >= 15 is 0 Å². The van der Waals surface area contributed by atoms with Gasteiger partial charge in [-0.1, -0.05) is 60.7 Å². The highest BCUT2D eigenvalue weighted by Crippen LogP contribution is 1.97. The zero-order valence-corrected chi connectivity index (χ0v) is 10.5. The van der Waals surface area contributed by atoms with Gasteiger partial charge in [0.1, 0.15) is 0 Å². The average molecular weight is 263 g/mol. The third-order valence-corrected chi connectivity index (χ3v) is 7.30. The van der Waals surface area contributed by atoms with Crippen molar-refractivity contribution >= 4 is 33.1 Å². The van der Waals surface area contributed by atoms with Gasteiger partial charge < -0.3 is 0 Å². The van der Waals surface area contributed by atoms with Crippen molar-refractivity contribution in [2.45, 2.75) is 0 Å². The molecule has 0 aromatic heterocycles. The van der Waals surface area contributed by atoms with Crippen molar-refractivity contribution in [2.24, 2.45) is 0 Å². The Bertz CT molecular complexity index is 346. The lowest BCUT2D eigenvalue weighted by atomic mass is 10.4. The van der Waals surface area contributed by atoms with Crippen LogP contribution in [0, 0.1) is 0 Å². The Balaban J connectivity index is 2.30. The van der Waals surface area contributed by atoms with E-state index in [1.807, 2.05) is 0 Å². The van der Waals surface area contributed by atoms with E-state index in [2.05, 4.69) is 76.0 Å². The Labute approximate surface area is 93.8 Å². The molecule has 0 aliphatic carbocycles. The zero-order chi connectivity index (χ0) is 9.80. The van der Waals surface area contributed by atoms with Gasteiger partial charge in [0.15, 0.2) is 7.42 Å². The first-order valence-electron chi connectivity index (χ1n) is 4.62. The Morgan fingerprint density at radius 1 is 0.643 bits per heavy atom. The molecule has 0 saturated heterocycles. The van der Waals surface area contributed by atoms with Crippen molar-refractivity contribution in [1.82, 2.24) is 0 Å². The Morgan fingerprint density at radius 3 is 1.36 bits per heavy atom. The first-order valence-corrected chi connectivity index (χ1v) is 8.96. The molecule has 0 fully saturated rings. The normalized spacial score (nSPS) is 10.4. The third kappa shape index (κ3) is 2.14. The van der Waals surface area contributed by atoms with Gasteiger partial charge in [-0.3, -0.25) is 0 Å². The van der Waals surface area contributed by atoms with E-state index in [1.165, 1.54) is 10.4 Å². The third-order valence-electron chi connectivity index (χ3n) is 2.18. The molecule has 2 aromatic rings. The molecule has 0 amide bonds. The molecular weight excluding hydrogens is 252 g/mol. The van der Waals surface area contributed by atoms with Gasteiger partial charge in [0.25, 0.3) is 0 Å². The fourth-order valence-corrected chi connectivity index (χ4v) is 4.77. The minimum absolute atomic E-state index is 1.11. The highest BCUT2D eigenvalue weighted by atomic mass is 79.9. The summed E-state index contributed by atoms with van der Waals surface area (Å²) in [7, 11) is -1.11. The van der Waals surface area contributed by atoms with Crippen LogP contribution in [0.15, 0.2) is 60.7 Å². The molecule has 0 radical (unpaired) electrons. The minimum atomic E-state index is -1.11. The summed E-state index contributed by atoms with van der Waals surface area (Å²) in [5.41, 5.74) is 0. The van der Waals surface area contributed by atoms with Crippen LogP contribution < -0.4 is 10.4 Å². The molecular formula is C12H11BrSi. The smallest absolute Gasteiger partial charge is 0.119 e. The van der Waals surface area contributed by atoms with Crippen molar-refractivity contribution in [1.29, 1.82) is 0 Å². The van der Waals surface area contributed by atoms with Gasteiger partial charge in [-0.05, 0) is 10.4 Å². The highest BCUT2D eigenvalue weighted by molar-refractivity contribution is 9.25. The lowest BCUT2D eigenvalue weighted by Crippen LogP contribution is -2.36. The summed E-state index contributed by atoms with van der Waals surface area (Å²) in [5.74, 6) is 0. The van der Waals surface area contributed by atoms with Crippen LogP contribution in [-0.4, -0.2) is 7.42 Å². The molecule has 0 unspecified atom stereocenters. The summed E-state index contributed by atoms with van der Waals surface area (Å²) < 4.78 is 0. The molecule has 2 aromatic carbocycles. The molecule has 2 rings (SSSR count). The van der Waals surface area contributed by atoms with Gasteiger partial charge in [-0.2, -0.15) is 0 Å². The minimum Gasteiger partial charge on any atom is -0.119 e. The van der Waals surface area contributed by atoms with Crippen LogP contribution in [0.2, 0.25) is 0 Å². The predicted molar refractivity (Wildman–Crippen MR) is 68.2 cm³/mol. The summed E-state index contributed by atoms with van der Waals surface area (Å²) in [6.45, 7) is 0. The molecule has 0 aliphatic heterocycles. The second-order valence-electron chi connectivity index (χ2n) is 3.18. The van der Waals surface area contributed by atoms with Gasteiger partial charge >= 0.3 is 0 Å². The van der Waals surface area contributed by atoms with Crippen molar-refractivity contribution in [3.8, 4) is 0 Å². The molecule has 0 heterocycles. The molecule has 2 heteroatoms. The number of hydrogen-bond donors (Lipinski definition) is 0. The molecule has 0 N–H and O–H groups in total. The molecule has 0 nitrogen and oxygen atoms in total. The zero-order valence-electron chi connectivity index (χ0n) is 7.73. The Hall–Kier alpha value is -0.863. The summed E-state index contributed by atoms with van der Waals surface area (Å²) in [6, 6.07) is 21.3. The van der Waals surface area contributed by atoms with Crippen LogP contribution >= 0.6 is 15.3 Å². The second-order valence-corrected chi connectivity index (χ2v) is 7.99. The monoisotopic (exact) mass is 262 g/mol. The van der Waals surface area contributed by atoms with E-state index in [9.17, 15) is 0 Å². The molecule has 0 atom stereocenters. The lowest BCUT2D eigenvalue weighted by molar-refractivity contribution is 1.74. The van der Waals surface area contributed by atoms with Crippen LogP contribution in [0.3, 0.4) is 0 Å². The summed E-state index contributed by atoms with van der Waals surface area (Å²) in [5, 5.41) is 2.86. The molecule has 0 spiro atoms. The average Bonchev–Trinajstić information content (AvgIpc) is 2.30. The van der Waals surface area contributed by atoms with Crippen molar-refractivity contribution < 1.29 is 0 Å². The van der Waals surface area contributed by atoms with Crippen molar-refractivity contribution in [3.05, 3.63) is 60.7 Å². The fraction of sp³-hybridized carbons (Fsp3) is 0. The topological polar surface area (TPSA) is 0 Å². The van der Waals surface area contributed by atoms with E-state index < -0.39 is 7.42 Å². The van der Waals surface area contributed by atoms with E-state index in [0.29, 0.717) is 0 Å². The molecule has 0 saturated carbocycles. The first-order chi connectivity index (χ1) is 6.88. The SMILES string of the molecule is Br[SiH](c1ccccc1)c1ccccc1. The summed E-state index contributed by atoms with van der Waals surface area (Å²) >= 11 is 3.83. The summed E-state index contributed by atoms with van der Waals surface area (Å²) in [4.78, 5) is 0. The molecule has 14 heavy (non-hydrogen) atoms. The maximum atomic E-state index is 3.83. The van der Waals surface area contributed by atoms with Crippen LogP contribution in [0.5, 0.6) is 0 Å². The van der Waals surface area contributed by atoms with E-state index in [1.54, 1.807) is 0 Å². The van der Waals surface area contributed by atoms with E-state index in [-0.39, 0.29) is 0 Å². The first kappa shape index (κ1) is 9.68. The standard InChI is InChI=1S/C12H11BrSi/c13-14(11-7-3-1-4-8-11)12-9-5-2-6-10-12/h1-10,14H. The van der Waals surface area contributed by atoms with Crippen LogP contribution in [0.1, 0.15) is 0 Å². The fourth-order valence-electron chi connectivity index (χ4n) is 1.44. The number of halogens is 1. The van der Waals surface area contributed by atoms with Gasteiger partial charge in [-0.15, -0.1) is 15.3 Å². The van der Waals surface area contributed by atoms with Crippen molar-refractivity contribution in [3.63, 3.8) is 0 Å². The summed E-state index contributed by atoms with van der Waals surface area (Å²) in [6.07, 6.45) is 0. The number of benzene rings is 2. The van der Waals surface area contributed by atoms with Crippen molar-refractivity contribution in [2.75, 3.05) is 0 Å². The lowest BCUT2D eigenvalue weighted by Gasteiger charge is -2.07. The van der Waals surface area contributed by atoms with Gasteiger partial charge in [0.05, 0.1) is 0 Å². The second kappa shape index (κ2) is 4.58. The van der Waals surface area contributed by atoms with Crippen LogP contribution in [0.4, 0.5) is 0 Å².